The van der Waals surface area contributed by atoms with Gasteiger partial charge in [-0.3, -0.25) is 9.59 Å². The maximum Gasteiger partial charge on any atom is 0.229 e. The van der Waals surface area contributed by atoms with E-state index in [0.29, 0.717) is 21.8 Å². The Morgan fingerprint density at radius 1 is 1.06 bits per heavy atom. The molecule has 0 amide bonds. The van der Waals surface area contributed by atoms with E-state index in [1.807, 2.05) is 6.26 Å². The lowest BCUT2D eigenvalue weighted by atomic mass is 9.89. The standard InChI is InChI=1S/C14H10O3S/c1-18(2)11-7-10-12(15)8-5-3-4-6-9(8)13(16)14(10)17-11/h3-7H,1H2,2H3. The summed E-state index contributed by atoms with van der Waals surface area (Å²) >= 11 is 0. The molecule has 3 rings (SSSR count). The van der Waals surface area contributed by atoms with Crippen molar-refractivity contribution >= 4 is 27.9 Å². The van der Waals surface area contributed by atoms with Crippen LogP contribution in [-0.2, 0) is 0 Å². The molecule has 1 aliphatic carbocycles. The van der Waals surface area contributed by atoms with Gasteiger partial charge in [0.2, 0.25) is 5.78 Å². The number of ketones is 2. The van der Waals surface area contributed by atoms with Crippen LogP contribution in [0.15, 0.2) is 39.8 Å². The molecule has 0 fully saturated rings. The van der Waals surface area contributed by atoms with Gasteiger partial charge in [-0.1, -0.05) is 30.1 Å². The highest BCUT2D eigenvalue weighted by Gasteiger charge is 2.33. The molecule has 0 radical (unpaired) electrons. The van der Waals surface area contributed by atoms with Gasteiger partial charge in [0.05, 0.1) is 5.56 Å². The zero-order valence-electron chi connectivity index (χ0n) is 9.73. The van der Waals surface area contributed by atoms with Gasteiger partial charge < -0.3 is 4.42 Å². The van der Waals surface area contributed by atoms with Gasteiger partial charge in [0.1, 0.15) is 0 Å². The molecule has 1 aromatic heterocycles. The number of hydrogen-bond acceptors (Lipinski definition) is 3. The van der Waals surface area contributed by atoms with Crippen LogP contribution >= 0.6 is 10.5 Å². The molecule has 1 heterocycles. The highest BCUT2D eigenvalue weighted by molar-refractivity contribution is 8.13. The minimum absolute atomic E-state index is 0.150. The molecule has 2 aromatic rings. The maximum absolute atomic E-state index is 12.3. The van der Waals surface area contributed by atoms with Gasteiger partial charge in [-0.25, -0.2) is 0 Å². The summed E-state index contributed by atoms with van der Waals surface area (Å²) in [6.07, 6.45) is 1.88. The largest absolute Gasteiger partial charge is 0.446 e. The number of carbonyl (C=O) groups is 2. The third kappa shape index (κ3) is 1.42. The predicted molar refractivity (Wildman–Crippen MR) is 70.9 cm³/mol. The molecule has 1 aromatic carbocycles. The first kappa shape index (κ1) is 11.2. The van der Waals surface area contributed by atoms with E-state index in [0.717, 1.165) is 0 Å². The van der Waals surface area contributed by atoms with E-state index in [4.69, 9.17) is 4.42 Å². The number of furan rings is 1. The number of fused-ring (bicyclic) bond motifs is 2. The fourth-order valence-corrected chi connectivity index (χ4v) is 2.57. The second-order valence-corrected chi connectivity index (χ2v) is 5.83. The second kappa shape index (κ2) is 3.78. The third-order valence-corrected chi connectivity index (χ3v) is 3.81. The first-order valence-corrected chi connectivity index (χ1v) is 7.17. The lowest BCUT2D eigenvalue weighted by molar-refractivity contribution is 0.0957. The molecule has 0 saturated heterocycles. The van der Waals surface area contributed by atoms with Crippen LogP contribution in [0.4, 0.5) is 0 Å². The van der Waals surface area contributed by atoms with Crippen LogP contribution in [0.25, 0.3) is 0 Å². The van der Waals surface area contributed by atoms with Crippen LogP contribution in [0.3, 0.4) is 0 Å². The van der Waals surface area contributed by atoms with E-state index >= 15 is 0 Å². The SMILES string of the molecule is C=S(C)c1cc2c(o1)C(=O)c1ccccc1C2=O. The normalized spacial score (nSPS) is 15.2. The van der Waals surface area contributed by atoms with Gasteiger partial charge in [-0.2, -0.15) is 0 Å². The molecular weight excluding hydrogens is 248 g/mol. The monoisotopic (exact) mass is 258 g/mol. The Kier molecular flexibility index (Phi) is 2.35. The van der Waals surface area contributed by atoms with Crippen molar-refractivity contribution in [2.45, 2.75) is 5.09 Å². The maximum atomic E-state index is 12.3. The molecule has 4 heteroatoms. The summed E-state index contributed by atoms with van der Waals surface area (Å²) in [6, 6.07) is 8.45. The topological polar surface area (TPSA) is 47.3 Å². The van der Waals surface area contributed by atoms with E-state index in [1.54, 1.807) is 30.3 Å². The van der Waals surface area contributed by atoms with E-state index in [1.165, 1.54) is 0 Å². The first-order valence-electron chi connectivity index (χ1n) is 5.37. The highest BCUT2D eigenvalue weighted by Crippen LogP contribution is 2.33. The fourth-order valence-electron chi connectivity index (χ4n) is 2.02. The first-order chi connectivity index (χ1) is 8.59. The van der Waals surface area contributed by atoms with Gasteiger partial charge in [-0.15, -0.1) is 10.5 Å². The van der Waals surface area contributed by atoms with E-state index in [9.17, 15) is 9.59 Å². The zero-order valence-corrected chi connectivity index (χ0v) is 10.5. The minimum atomic E-state index is -0.360. The lowest BCUT2D eigenvalue weighted by Crippen LogP contribution is -2.18. The smallest absolute Gasteiger partial charge is 0.229 e. The predicted octanol–water partition coefficient (Wildman–Crippen LogP) is 2.74. The summed E-state index contributed by atoms with van der Waals surface area (Å²) in [4.78, 5) is 24.5. The van der Waals surface area contributed by atoms with E-state index < -0.39 is 0 Å². The Hall–Kier alpha value is -1.94. The average molecular weight is 258 g/mol. The fraction of sp³-hybridized carbons (Fsp3) is 0.0714. The van der Waals surface area contributed by atoms with Crippen molar-refractivity contribution in [2.75, 3.05) is 6.26 Å². The Labute approximate surface area is 106 Å². The van der Waals surface area contributed by atoms with Gasteiger partial charge in [-0.05, 0) is 6.26 Å². The number of hydrogen-bond donors (Lipinski definition) is 0. The van der Waals surface area contributed by atoms with E-state index in [-0.39, 0.29) is 27.8 Å². The van der Waals surface area contributed by atoms with Crippen LogP contribution in [0.5, 0.6) is 0 Å². The van der Waals surface area contributed by atoms with Crippen LogP contribution < -0.4 is 0 Å². The summed E-state index contributed by atoms with van der Waals surface area (Å²) in [5.41, 5.74) is 1.22. The lowest BCUT2D eigenvalue weighted by Gasteiger charge is -2.11. The molecule has 0 N–H and O–H groups in total. The Morgan fingerprint density at radius 3 is 2.28 bits per heavy atom. The summed E-state index contributed by atoms with van der Waals surface area (Å²) < 4.78 is 5.49. The quantitative estimate of drug-likeness (QED) is 0.630. The third-order valence-electron chi connectivity index (χ3n) is 2.92. The van der Waals surface area contributed by atoms with Crippen molar-refractivity contribution in [3.63, 3.8) is 0 Å². The number of carbonyl (C=O) groups excluding carboxylic acids is 2. The van der Waals surface area contributed by atoms with Crippen molar-refractivity contribution in [3.8, 4) is 0 Å². The van der Waals surface area contributed by atoms with Crippen LogP contribution in [0.1, 0.15) is 32.0 Å². The van der Waals surface area contributed by atoms with Crippen molar-refractivity contribution in [1.29, 1.82) is 0 Å². The minimum Gasteiger partial charge on any atom is -0.446 e. The van der Waals surface area contributed by atoms with E-state index in [2.05, 4.69) is 5.87 Å². The molecule has 18 heavy (non-hydrogen) atoms. The van der Waals surface area contributed by atoms with Crippen LogP contribution in [-0.4, -0.2) is 23.7 Å². The summed E-state index contributed by atoms with van der Waals surface area (Å²) in [5, 5.41) is 0.592. The summed E-state index contributed by atoms with van der Waals surface area (Å²) in [6.45, 7) is 0. The van der Waals surface area contributed by atoms with Crippen LogP contribution in [0.2, 0.25) is 0 Å². The Balaban J connectivity index is 2.27. The zero-order chi connectivity index (χ0) is 12.9. The number of benzene rings is 1. The molecule has 3 nitrogen and oxygen atoms in total. The van der Waals surface area contributed by atoms with Crippen molar-refractivity contribution in [2.24, 2.45) is 0 Å². The van der Waals surface area contributed by atoms with Gasteiger partial charge in [0.15, 0.2) is 16.6 Å². The second-order valence-electron chi connectivity index (χ2n) is 4.15. The summed E-state index contributed by atoms with van der Waals surface area (Å²) in [7, 11) is -0.360. The van der Waals surface area contributed by atoms with Crippen molar-refractivity contribution < 1.29 is 14.0 Å². The number of rotatable bonds is 1. The van der Waals surface area contributed by atoms with Crippen molar-refractivity contribution in [1.82, 2.24) is 0 Å². The van der Waals surface area contributed by atoms with Gasteiger partial charge >= 0.3 is 0 Å². The van der Waals surface area contributed by atoms with Gasteiger partial charge in [0, 0.05) is 17.2 Å². The molecule has 1 unspecified atom stereocenters. The molecule has 0 aliphatic heterocycles. The molecular formula is C14H10O3S. The molecule has 0 spiro atoms. The summed E-state index contributed by atoms with van der Waals surface area (Å²) in [5.74, 6) is 3.64. The Morgan fingerprint density at radius 2 is 1.67 bits per heavy atom. The van der Waals surface area contributed by atoms with Crippen molar-refractivity contribution in [3.05, 3.63) is 52.8 Å². The highest BCUT2D eigenvalue weighted by atomic mass is 32.2. The molecule has 0 bridgehead atoms. The average Bonchev–Trinajstić information content (AvgIpc) is 2.81. The molecule has 1 aliphatic rings. The molecule has 0 saturated carbocycles. The van der Waals surface area contributed by atoms with Gasteiger partial charge in [0.25, 0.3) is 0 Å². The molecule has 1 atom stereocenters. The Bertz CT molecular complexity index is 657. The van der Waals surface area contributed by atoms with Crippen LogP contribution in [0, 0.1) is 0 Å². The molecule has 90 valence electrons.